The molecule has 1 aliphatic heterocycles. The molecule has 1 aromatic rings. The van der Waals surface area contributed by atoms with Crippen molar-refractivity contribution in [1.29, 1.82) is 0 Å². The molecule has 0 atom stereocenters. The molecule has 0 saturated carbocycles. The average Bonchev–Trinajstić information content (AvgIpc) is 2.37. The number of ether oxygens (including phenoxy) is 2. The van der Waals surface area contributed by atoms with Gasteiger partial charge in [0, 0.05) is 13.1 Å². The van der Waals surface area contributed by atoms with Gasteiger partial charge in [-0.1, -0.05) is 11.6 Å². The van der Waals surface area contributed by atoms with Crippen molar-refractivity contribution in [3.8, 4) is 11.5 Å². The first-order chi connectivity index (χ1) is 9.89. The second-order valence-corrected chi connectivity index (χ2v) is 5.06. The zero-order valence-electron chi connectivity index (χ0n) is 11.1. The number of halogens is 4. The molecule has 0 bridgehead atoms. The Balaban J connectivity index is 2.15. The van der Waals surface area contributed by atoms with E-state index in [0.29, 0.717) is 35.3 Å². The summed E-state index contributed by atoms with van der Waals surface area (Å²) in [6, 6.07) is 3.16. The highest BCUT2D eigenvalue weighted by Crippen LogP contribution is 2.38. The van der Waals surface area contributed by atoms with Crippen LogP contribution in [0.3, 0.4) is 0 Å². The number of rotatable bonds is 5. The van der Waals surface area contributed by atoms with E-state index in [1.807, 2.05) is 0 Å². The minimum absolute atomic E-state index is 0.0103. The Kier molecular flexibility index (Phi) is 5.18. The quantitative estimate of drug-likeness (QED) is 0.903. The van der Waals surface area contributed by atoms with Crippen molar-refractivity contribution in [3.63, 3.8) is 0 Å². The maximum Gasteiger partial charge on any atom is 0.401 e. The van der Waals surface area contributed by atoms with Crippen molar-refractivity contribution in [2.75, 3.05) is 32.9 Å². The number of benzene rings is 1. The zero-order chi connectivity index (χ0) is 15.5. The predicted octanol–water partition coefficient (Wildman–Crippen LogP) is 2.47. The molecule has 1 aromatic carbocycles. The fraction of sp³-hybridized carbons (Fsp3) is 0.538. The summed E-state index contributed by atoms with van der Waals surface area (Å²) in [6.45, 7) is -0.761. The normalized spacial score (nSPS) is 14.6. The van der Waals surface area contributed by atoms with Crippen molar-refractivity contribution in [2.24, 2.45) is 0 Å². The summed E-state index contributed by atoms with van der Waals surface area (Å²) < 4.78 is 48.2. The molecule has 0 radical (unpaired) electrons. The van der Waals surface area contributed by atoms with Crippen LogP contribution in [0.15, 0.2) is 12.1 Å². The Hall–Kier alpha value is -1.18. The summed E-state index contributed by atoms with van der Waals surface area (Å²) in [5.74, 6) is 0.843. The first-order valence-electron chi connectivity index (χ1n) is 6.37. The fourth-order valence-electron chi connectivity index (χ4n) is 2.12. The van der Waals surface area contributed by atoms with Gasteiger partial charge in [0.05, 0.1) is 18.2 Å². The number of aliphatic hydroxyl groups excluding tert-OH is 1. The highest BCUT2D eigenvalue weighted by Gasteiger charge is 2.30. The lowest BCUT2D eigenvalue weighted by Gasteiger charge is -2.24. The highest BCUT2D eigenvalue weighted by molar-refractivity contribution is 6.32. The molecular formula is C13H15ClF3NO3. The van der Waals surface area contributed by atoms with Gasteiger partial charge in [-0.15, -0.1) is 0 Å². The second-order valence-electron chi connectivity index (χ2n) is 4.65. The molecule has 2 rings (SSSR count). The van der Waals surface area contributed by atoms with Crippen LogP contribution >= 0.6 is 11.6 Å². The molecule has 1 heterocycles. The Bertz CT molecular complexity index is 496. The van der Waals surface area contributed by atoms with E-state index in [1.54, 1.807) is 12.1 Å². The van der Waals surface area contributed by atoms with Gasteiger partial charge >= 0.3 is 6.18 Å². The van der Waals surface area contributed by atoms with Crippen molar-refractivity contribution in [2.45, 2.75) is 12.7 Å². The van der Waals surface area contributed by atoms with Crippen molar-refractivity contribution in [1.82, 2.24) is 4.90 Å². The van der Waals surface area contributed by atoms with Gasteiger partial charge in [-0.25, -0.2) is 0 Å². The summed E-state index contributed by atoms with van der Waals surface area (Å²) in [5, 5.41) is 9.18. The van der Waals surface area contributed by atoms with Crippen molar-refractivity contribution in [3.05, 3.63) is 22.7 Å². The monoisotopic (exact) mass is 325 g/mol. The van der Waals surface area contributed by atoms with Crippen LogP contribution in [-0.2, 0) is 6.54 Å². The smallest absolute Gasteiger partial charge is 0.401 e. The van der Waals surface area contributed by atoms with E-state index >= 15 is 0 Å². The van der Waals surface area contributed by atoms with Crippen LogP contribution in [0, 0.1) is 0 Å². The minimum atomic E-state index is -4.33. The summed E-state index contributed by atoms with van der Waals surface area (Å²) in [5.41, 5.74) is 0.571. The maximum atomic E-state index is 12.5. The Morgan fingerprint density at radius 3 is 2.62 bits per heavy atom. The average molecular weight is 326 g/mol. The lowest BCUT2D eigenvalue weighted by Crippen LogP contribution is -2.35. The van der Waals surface area contributed by atoms with Gasteiger partial charge < -0.3 is 14.6 Å². The fourth-order valence-corrected chi connectivity index (χ4v) is 2.41. The molecule has 118 valence electrons. The SMILES string of the molecule is OCCN(Cc1cc(Cl)c2c(c1)OCCO2)CC(F)(F)F. The molecule has 0 saturated heterocycles. The molecule has 1 aliphatic rings. The number of hydrogen-bond donors (Lipinski definition) is 1. The van der Waals surface area contributed by atoms with Gasteiger partial charge in [0.15, 0.2) is 11.5 Å². The minimum Gasteiger partial charge on any atom is -0.486 e. The third-order valence-corrected chi connectivity index (χ3v) is 3.16. The molecule has 0 aliphatic carbocycles. The van der Waals surface area contributed by atoms with E-state index in [2.05, 4.69) is 0 Å². The summed E-state index contributed by atoms with van der Waals surface area (Å²) in [7, 11) is 0. The molecule has 0 fully saturated rings. The first kappa shape index (κ1) is 16.2. The van der Waals surface area contributed by atoms with Gasteiger partial charge in [0.1, 0.15) is 13.2 Å². The molecule has 21 heavy (non-hydrogen) atoms. The van der Waals surface area contributed by atoms with E-state index in [1.165, 1.54) is 0 Å². The number of alkyl halides is 3. The van der Waals surface area contributed by atoms with Crippen LogP contribution in [0.1, 0.15) is 5.56 Å². The number of hydrogen-bond acceptors (Lipinski definition) is 4. The number of aliphatic hydroxyl groups is 1. The Labute approximate surface area is 125 Å². The standard InChI is InChI=1S/C13H15ClF3NO3/c14-10-5-9(6-11-12(10)21-4-3-20-11)7-18(1-2-19)8-13(15,16)17/h5-6,19H,1-4,7-8H2. The van der Waals surface area contributed by atoms with Crippen LogP contribution < -0.4 is 9.47 Å². The maximum absolute atomic E-state index is 12.5. The zero-order valence-corrected chi connectivity index (χ0v) is 11.9. The number of nitrogens with zero attached hydrogens (tertiary/aromatic N) is 1. The highest BCUT2D eigenvalue weighted by atomic mass is 35.5. The van der Waals surface area contributed by atoms with Crippen molar-refractivity contribution >= 4 is 11.6 Å². The van der Waals surface area contributed by atoms with Gasteiger partial charge in [-0.2, -0.15) is 13.2 Å². The number of fused-ring (bicyclic) bond motifs is 1. The molecule has 0 unspecified atom stereocenters. The molecule has 0 aromatic heterocycles. The summed E-state index contributed by atoms with van der Waals surface area (Å²) >= 11 is 6.05. The Morgan fingerprint density at radius 1 is 1.24 bits per heavy atom. The van der Waals surface area contributed by atoms with Gasteiger partial charge in [0.2, 0.25) is 0 Å². The van der Waals surface area contributed by atoms with Gasteiger partial charge in [-0.3, -0.25) is 4.90 Å². The van der Waals surface area contributed by atoms with E-state index in [0.717, 1.165) is 4.90 Å². The lowest BCUT2D eigenvalue weighted by molar-refractivity contribution is -0.147. The van der Waals surface area contributed by atoms with Crippen LogP contribution in [0.25, 0.3) is 0 Å². The molecular weight excluding hydrogens is 311 g/mol. The van der Waals surface area contributed by atoms with E-state index in [9.17, 15) is 13.2 Å². The molecule has 1 N–H and O–H groups in total. The molecule has 0 amide bonds. The van der Waals surface area contributed by atoms with Crippen LogP contribution in [-0.4, -0.2) is 49.1 Å². The molecule has 8 heteroatoms. The van der Waals surface area contributed by atoms with Gasteiger partial charge in [-0.05, 0) is 17.7 Å². The van der Waals surface area contributed by atoms with Crippen LogP contribution in [0.2, 0.25) is 5.02 Å². The van der Waals surface area contributed by atoms with Crippen molar-refractivity contribution < 1.29 is 27.8 Å². The molecule has 0 spiro atoms. The Morgan fingerprint density at radius 2 is 1.95 bits per heavy atom. The third kappa shape index (κ3) is 4.66. The van der Waals surface area contributed by atoms with E-state index in [4.69, 9.17) is 26.2 Å². The first-order valence-corrected chi connectivity index (χ1v) is 6.75. The van der Waals surface area contributed by atoms with Crippen LogP contribution in [0.5, 0.6) is 11.5 Å². The lowest BCUT2D eigenvalue weighted by atomic mass is 10.1. The van der Waals surface area contributed by atoms with E-state index < -0.39 is 12.7 Å². The molecule has 4 nitrogen and oxygen atoms in total. The summed E-state index contributed by atoms with van der Waals surface area (Å²) in [4.78, 5) is 1.10. The summed E-state index contributed by atoms with van der Waals surface area (Å²) in [6.07, 6.45) is -4.33. The predicted molar refractivity (Wildman–Crippen MR) is 70.9 cm³/mol. The largest absolute Gasteiger partial charge is 0.486 e. The van der Waals surface area contributed by atoms with Crippen LogP contribution in [0.4, 0.5) is 13.2 Å². The second kappa shape index (κ2) is 6.72. The topological polar surface area (TPSA) is 41.9 Å². The van der Waals surface area contributed by atoms with Gasteiger partial charge in [0.25, 0.3) is 0 Å². The third-order valence-electron chi connectivity index (χ3n) is 2.88. The van der Waals surface area contributed by atoms with E-state index in [-0.39, 0.29) is 19.7 Å².